The van der Waals surface area contributed by atoms with Crippen LogP contribution in [0.15, 0.2) is 48.5 Å². The smallest absolute Gasteiger partial charge is 0.337 e. The van der Waals surface area contributed by atoms with Crippen LogP contribution in [0.3, 0.4) is 0 Å². The molecule has 2 aromatic carbocycles. The van der Waals surface area contributed by atoms with Gasteiger partial charge in [0, 0.05) is 6.04 Å². The number of anilines is 1. The van der Waals surface area contributed by atoms with Crippen molar-refractivity contribution in [2.24, 2.45) is 0 Å². The van der Waals surface area contributed by atoms with Gasteiger partial charge in [-0.1, -0.05) is 49.6 Å². The molecule has 0 spiro atoms. The minimum Gasteiger partial charge on any atom is -0.506 e. The third kappa shape index (κ3) is 5.26. The van der Waals surface area contributed by atoms with Gasteiger partial charge in [0.25, 0.3) is 5.91 Å². The first kappa shape index (κ1) is 23.3. The molecule has 32 heavy (non-hydrogen) atoms. The van der Waals surface area contributed by atoms with Gasteiger partial charge in [0.05, 0.1) is 18.4 Å². The number of hydrogen-bond acceptors (Lipinski definition) is 6. The van der Waals surface area contributed by atoms with Crippen LogP contribution in [-0.2, 0) is 14.3 Å². The van der Waals surface area contributed by atoms with E-state index in [2.05, 4.69) is 5.32 Å². The number of carbonyl (C=O) groups excluding carboxylic acids is 3. The van der Waals surface area contributed by atoms with Gasteiger partial charge in [0.2, 0.25) is 5.91 Å². The Labute approximate surface area is 186 Å². The summed E-state index contributed by atoms with van der Waals surface area (Å²) in [6, 6.07) is 11.4. The minimum atomic E-state index is -1.16. The predicted octanol–water partition coefficient (Wildman–Crippen LogP) is 2.69. The molecule has 0 bridgehead atoms. The number of rotatable bonds is 7. The summed E-state index contributed by atoms with van der Waals surface area (Å²) in [5, 5.41) is 23.3. The van der Waals surface area contributed by atoms with E-state index in [1.54, 1.807) is 30.3 Å². The normalized spacial score (nSPS) is 14.9. The molecule has 8 nitrogen and oxygen atoms in total. The van der Waals surface area contributed by atoms with Gasteiger partial charge in [-0.2, -0.15) is 0 Å². The molecule has 8 heteroatoms. The van der Waals surface area contributed by atoms with E-state index in [0.29, 0.717) is 5.56 Å². The molecule has 0 saturated heterocycles. The molecule has 0 heterocycles. The number of benzene rings is 2. The first-order valence-corrected chi connectivity index (χ1v) is 10.7. The molecule has 3 rings (SSSR count). The van der Waals surface area contributed by atoms with Crippen molar-refractivity contribution in [1.29, 1.82) is 0 Å². The van der Waals surface area contributed by atoms with Gasteiger partial charge in [0.1, 0.15) is 18.4 Å². The standard InChI is InChI=1S/C24H28N2O6/c1-32-24(31)17-12-13-20(28)19(14-17)26(21(29)15-27)22(16-8-4-2-5-9-16)23(30)25-18-10-6-3-7-11-18/h2,4-5,8-9,12-14,18,22,27-28H,3,6-7,10-11,15H2,1H3,(H,25,30). The molecule has 1 unspecified atom stereocenters. The Morgan fingerprint density at radius 1 is 1.09 bits per heavy atom. The highest BCUT2D eigenvalue weighted by Gasteiger charge is 2.35. The molecule has 1 saturated carbocycles. The lowest BCUT2D eigenvalue weighted by Gasteiger charge is -2.33. The van der Waals surface area contributed by atoms with E-state index in [-0.39, 0.29) is 23.0 Å². The molecule has 0 aromatic heterocycles. The fourth-order valence-corrected chi connectivity index (χ4v) is 4.03. The molecule has 3 N–H and O–H groups in total. The van der Waals surface area contributed by atoms with Crippen molar-refractivity contribution in [1.82, 2.24) is 5.32 Å². The van der Waals surface area contributed by atoms with E-state index in [4.69, 9.17) is 4.74 Å². The lowest BCUT2D eigenvalue weighted by molar-refractivity contribution is -0.128. The van der Waals surface area contributed by atoms with Gasteiger partial charge in [-0.25, -0.2) is 4.79 Å². The van der Waals surface area contributed by atoms with Gasteiger partial charge >= 0.3 is 5.97 Å². The number of ether oxygens (including phenoxy) is 1. The third-order valence-electron chi connectivity index (χ3n) is 5.63. The molecule has 2 aromatic rings. The molecule has 0 radical (unpaired) electrons. The van der Waals surface area contributed by atoms with Gasteiger partial charge < -0.3 is 20.3 Å². The summed E-state index contributed by atoms with van der Waals surface area (Å²) >= 11 is 0. The summed E-state index contributed by atoms with van der Waals surface area (Å²) in [4.78, 5) is 39.4. The van der Waals surface area contributed by atoms with E-state index in [9.17, 15) is 24.6 Å². The number of carbonyl (C=O) groups is 3. The van der Waals surface area contributed by atoms with Crippen molar-refractivity contribution >= 4 is 23.5 Å². The van der Waals surface area contributed by atoms with Crippen molar-refractivity contribution in [3.63, 3.8) is 0 Å². The lowest BCUT2D eigenvalue weighted by atomic mass is 9.94. The number of methoxy groups -OCH3 is 1. The monoisotopic (exact) mass is 440 g/mol. The zero-order valence-corrected chi connectivity index (χ0v) is 18.0. The Balaban J connectivity index is 2.08. The minimum absolute atomic E-state index is 0.0106. The Kier molecular flexibility index (Phi) is 7.83. The van der Waals surface area contributed by atoms with Gasteiger partial charge in [-0.15, -0.1) is 0 Å². The number of aliphatic hydroxyl groups excluding tert-OH is 1. The molecular weight excluding hydrogens is 412 g/mol. The zero-order valence-electron chi connectivity index (χ0n) is 18.0. The second-order valence-electron chi connectivity index (χ2n) is 7.77. The molecule has 1 fully saturated rings. The van der Waals surface area contributed by atoms with E-state index in [1.807, 2.05) is 0 Å². The average Bonchev–Trinajstić information content (AvgIpc) is 2.83. The summed E-state index contributed by atoms with van der Waals surface area (Å²) in [5.41, 5.74) is 0.528. The van der Waals surface area contributed by atoms with E-state index < -0.39 is 30.4 Å². The number of nitrogens with zero attached hydrogens (tertiary/aromatic N) is 1. The topological polar surface area (TPSA) is 116 Å². The Morgan fingerprint density at radius 2 is 1.78 bits per heavy atom. The first-order chi connectivity index (χ1) is 15.5. The summed E-state index contributed by atoms with van der Waals surface area (Å²) in [6.07, 6.45) is 4.86. The predicted molar refractivity (Wildman–Crippen MR) is 118 cm³/mol. The third-order valence-corrected chi connectivity index (χ3v) is 5.63. The number of nitrogens with one attached hydrogen (secondary N) is 1. The molecule has 170 valence electrons. The first-order valence-electron chi connectivity index (χ1n) is 10.7. The number of aliphatic hydroxyl groups is 1. The summed E-state index contributed by atoms with van der Waals surface area (Å²) in [6.45, 7) is -0.887. The van der Waals surface area contributed by atoms with Gasteiger partial charge in [-0.05, 0) is 36.6 Å². The molecule has 0 aliphatic heterocycles. The van der Waals surface area contributed by atoms with Crippen molar-refractivity contribution in [2.45, 2.75) is 44.2 Å². The number of amides is 2. The zero-order chi connectivity index (χ0) is 23.1. The van der Waals surface area contributed by atoms with Gasteiger partial charge in [-0.3, -0.25) is 14.5 Å². The number of phenols is 1. The summed E-state index contributed by atoms with van der Waals surface area (Å²) in [7, 11) is 1.22. The quantitative estimate of drug-likeness (QED) is 0.570. The maximum atomic E-state index is 13.5. The van der Waals surface area contributed by atoms with Crippen LogP contribution in [0.1, 0.15) is 54.1 Å². The molecule has 1 aliphatic carbocycles. The summed E-state index contributed by atoms with van der Waals surface area (Å²) < 4.78 is 4.74. The van der Waals surface area contributed by atoms with Crippen LogP contribution in [0.5, 0.6) is 5.75 Å². The van der Waals surface area contributed by atoms with Crippen molar-refractivity contribution < 1.29 is 29.3 Å². The van der Waals surface area contributed by atoms with E-state index >= 15 is 0 Å². The highest BCUT2D eigenvalue weighted by atomic mass is 16.5. The molecule has 2 amide bonds. The Bertz CT molecular complexity index is 956. The highest BCUT2D eigenvalue weighted by Crippen LogP contribution is 2.35. The lowest BCUT2D eigenvalue weighted by Crippen LogP contribution is -2.48. The fraction of sp³-hybridized carbons (Fsp3) is 0.375. The van der Waals surface area contributed by atoms with Crippen molar-refractivity contribution in [3.05, 3.63) is 59.7 Å². The van der Waals surface area contributed by atoms with Crippen molar-refractivity contribution in [3.8, 4) is 5.75 Å². The summed E-state index contributed by atoms with van der Waals surface area (Å²) in [5.74, 6) is -2.20. The molecule has 1 aliphatic rings. The number of phenolic OH excluding ortho intramolecular Hbond substituents is 1. The number of hydrogen-bond donors (Lipinski definition) is 3. The Morgan fingerprint density at radius 3 is 2.41 bits per heavy atom. The maximum absolute atomic E-state index is 13.5. The van der Waals surface area contributed by atoms with Crippen LogP contribution in [0, 0.1) is 0 Å². The number of aromatic hydroxyl groups is 1. The SMILES string of the molecule is COC(=O)c1ccc(O)c(N(C(=O)CO)C(C(=O)NC2CCCCC2)c2ccccc2)c1. The van der Waals surface area contributed by atoms with Crippen LogP contribution >= 0.6 is 0 Å². The molecular formula is C24H28N2O6. The fourth-order valence-electron chi connectivity index (χ4n) is 4.03. The van der Waals surface area contributed by atoms with E-state index in [1.165, 1.54) is 25.3 Å². The van der Waals surface area contributed by atoms with Gasteiger partial charge in [0.15, 0.2) is 0 Å². The second kappa shape index (κ2) is 10.8. The average molecular weight is 440 g/mol. The maximum Gasteiger partial charge on any atom is 0.337 e. The van der Waals surface area contributed by atoms with E-state index in [0.717, 1.165) is 37.0 Å². The number of esters is 1. The molecule has 1 atom stereocenters. The highest BCUT2D eigenvalue weighted by molar-refractivity contribution is 6.04. The van der Waals surface area contributed by atoms with Crippen molar-refractivity contribution in [2.75, 3.05) is 18.6 Å². The van der Waals surface area contributed by atoms with Crippen LogP contribution < -0.4 is 10.2 Å². The van der Waals surface area contributed by atoms with Crippen LogP contribution in [0.2, 0.25) is 0 Å². The Hall–Kier alpha value is -3.39. The van der Waals surface area contributed by atoms with Crippen LogP contribution in [-0.4, -0.2) is 47.8 Å². The van der Waals surface area contributed by atoms with Crippen LogP contribution in [0.4, 0.5) is 5.69 Å². The van der Waals surface area contributed by atoms with Crippen LogP contribution in [0.25, 0.3) is 0 Å². The second-order valence-corrected chi connectivity index (χ2v) is 7.77. The largest absolute Gasteiger partial charge is 0.506 e.